The summed E-state index contributed by atoms with van der Waals surface area (Å²) in [5.74, 6) is 0. The first-order chi connectivity index (χ1) is 16.2. The lowest BCUT2D eigenvalue weighted by atomic mass is 9.72. The Bertz CT molecular complexity index is 1460. The smallest absolute Gasteiger partial charge is 0.137 e. The highest BCUT2D eigenvalue weighted by atomic mass is 15.1. The van der Waals surface area contributed by atoms with Gasteiger partial charge in [0.05, 0.1) is 29.6 Å². The van der Waals surface area contributed by atoms with Gasteiger partial charge in [0, 0.05) is 28.4 Å². The average Bonchev–Trinajstić information content (AvgIpc) is 3.47. The predicted octanol–water partition coefficient (Wildman–Crippen LogP) is 5.32. The Balaban J connectivity index is 1.54. The Kier molecular flexibility index (Phi) is 4.48. The lowest BCUT2D eigenvalue weighted by molar-refractivity contribution is 0.253. The van der Waals surface area contributed by atoms with E-state index in [9.17, 15) is 0 Å². The van der Waals surface area contributed by atoms with E-state index < -0.39 is 0 Å². The van der Waals surface area contributed by atoms with Crippen LogP contribution in [0.3, 0.4) is 0 Å². The number of benzene rings is 2. The maximum absolute atomic E-state index is 7.66. The number of pyridine rings is 1. The molecule has 2 aromatic carbocycles. The van der Waals surface area contributed by atoms with Crippen molar-refractivity contribution in [2.24, 2.45) is 5.73 Å². The molecule has 0 saturated heterocycles. The van der Waals surface area contributed by atoms with Crippen LogP contribution in [-0.2, 0) is 5.54 Å². The van der Waals surface area contributed by atoms with E-state index in [1.807, 2.05) is 30.3 Å². The molecule has 33 heavy (non-hydrogen) atoms. The summed E-state index contributed by atoms with van der Waals surface area (Å²) in [6.45, 7) is 0. The van der Waals surface area contributed by atoms with Crippen molar-refractivity contribution < 1.29 is 0 Å². The molecule has 0 unspecified atom stereocenters. The van der Waals surface area contributed by atoms with Crippen LogP contribution in [0.5, 0.6) is 0 Å². The topological polar surface area (TPSA) is 85.0 Å². The first-order valence-corrected chi connectivity index (χ1v) is 11.2. The zero-order valence-electron chi connectivity index (χ0n) is 18.1. The van der Waals surface area contributed by atoms with Gasteiger partial charge < -0.3 is 5.73 Å². The molecule has 1 aliphatic rings. The SMILES string of the molecule is N=Cn1cncc1-c1ccc2nc(-c3ccc(C4(N)CCC4)cc3)c(-c3ccccc3)n2c1. The molecule has 0 atom stereocenters. The van der Waals surface area contributed by atoms with Crippen molar-refractivity contribution in [2.75, 3.05) is 0 Å². The fourth-order valence-corrected chi connectivity index (χ4v) is 4.71. The third-order valence-electron chi connectivity index (χ3n) is 6.75. The summed E-state index contributed by atoms with van der Waals surface area (Å²) in [6.07, 6.45) is 10.0. The molecule has 0 spiro atoms. The Hall–Kier alpha value is -4.03. The summed E-state index contributed by atoms with van der Waals surface area (Å²) >= 11 is 0. The highest BCUT2D eigenvalue weighted by Crippen LogP contribution is 2.40. The monoisotopic (exact) mass is 432 g/mol. The first-order valence-electron chi connectivity index (χ1n) is 11.2. The fourth-order valence-electron chi connectivity index (χ4n) is 4.71. The molecule has 5 aromatic rings. The van der Waals surface area contributed by atoms with E-state index in [-0.39, 0.29) is 5.54 Å². The van der Waals surface area contributed by atoms with Gasteiger partial charge in [0.2, 0.25) is 0 Å². The Morgan fingerprint density at radius 2 is 1.67 bits per heavy atom. The zero-order valence-corrected chi connectivity index (χ0v) is 18.1. The molecule has 0 radical (unpaired) electrons. The minimum Gasteiger partial charge on any atom is -0.321 e. The van der Waals surface area contributed by atoms with Crippen LogP contribution in [0.4, 0.5) is 0 Å². The summed E-state index contributed by atoms with van der Waals surface area (Å²) in [7, 11) is 0. The molecule has 1 aliphatic carbocycles. The first kappa shape index (κ1) is 19.6. The van der Waals surface area contributed by atoms with E-state index in [2.05, 4.69) is 52.0 Å². The van der Waals surface area contributed by atoms with Gasteiger partial charge >= 0.3 is 0 Å². The van der Waals surface area contributed by atoms with Crippen LogP contribution < -0.4 is 5.73 Å². The molecule has 6 rings (SSSR count). The van der Waals surface area contributed by atoms with Crippen molar-refractivity contribution in [3.8, 4) is 33.8 Å². The number of nitrogens with one attached hydrogen (secondary N) is 1. The molecule has 0 bridgehead atoms. The van der Waals surface area contributed by atoms with Gasteiger partial charge in [-0.25, -0.2) is 9.97 Å². The molecular formula is C27H24N6. The van der Waals surface area contributed by atoms with Crippen molar-refractivity contribution in [3.63, 3.8) is 0 Å². The minimum absolute atomic E-state index is 0.174. The third kappa shape index (κ3) is 3.18. The van der Waals surface area contributed by atoms with Gasteiger partial charge in [-0.2, -0.15) is 0 Å². The van der Waals surface area contributed by atoms with E-state index in [0.29, 0.717) is 0 Å². The van der Waals surface area contributed by atoms with Crippen LogP contribution in [0.1, 0.15) is 24.8 Å². The Morgan fingerprint density at radius 3 is 2.36 bits per heavy atom. The second kappa shape index (κ2) is 7.53. The third-order valence-corrected chi connectivity index (χ3v) is 6.75. The second-order valence-corrected chi connectivity index (χ2v) is 8.72. The maximum atomic E-state index is 7.66. The number of rotatable bonds is 5. The highest BCUT2D eigenvalue weighted by molar-refractivity contribution is 5.83. The molecule has 1 saturated carbocycles. The van der Waals surface area contributed by atoms with Gasteiger partial charge in [-0.3, -0.25) is 14.4 Å². The lowest BCUT2D eigenvalue weighted by Crippen LogP contribution is -2.43. The molecule has 1 fully saturated rings. The van der Waals surface area contributed by atoms with Crippen LogP contribution >= 0.6 is 0 Å². The van der Waals surface area contributed by atoms with Gasteiger partial charge in [-0.1, -0.05) is 54.6 Å². The van der Waals surface area contributed by atoms with Gasteiger partial charge in [0.15, 0.2) is 0 Å². The Labute approximate surface area is 191 Å². The molecule has 3 aromatic heterocycles. The van der Waals surface area contributed by atoms with Crippen LogP contribution in [-0.4, -0.2) is 25.3 Å². The highest BCUT2D eigenvalue weighted by Gasteiger charge is 2.34. The quantitative estimate of drug-likeness (QED) is 0.291. The molecular weight excluding hydrogens is 408 g/mol. The van der Waals surface area contributed by atoms with Crippen LogP contribution in [0.25, 0.3) is 39.4 Å². The lowest BCUT2D eigenvalue weighted by Gasteiger charge is -2.38. The number of nitrogens with zero attached hydrogens (tertiary/aromatic N) is 4. The van der Waals surface area contributed by atoms with E-state index in [1.165, 1.54) is 18.3 Å². The Morgan fingerprint density at radius 1 is 0.909 bits per heavy atom. The largest absolute Gasteiger partial charge is 0.321 e. The molecule has 6 nitrogen and oxygen atoms in total. The van der Waals surface area contributed by atoms with E-state index in [1.54, 1.807) is 17.1 Å². The van der Waals surface area contributed by atoms with Crippen molar-refractivity contribution in [1.29, 1.82) is 5.41 Å². The molecule has 3 N–H and O–H groups in total. The normalized spacial score (nSPS) is 14.8. The fraction of sp³-hybridized carbons (Fsp3) is 0.148. The standard InChI is InChI=1S/C27H24N6/c28-17-32-18-30-15-23(32)21-9-12-24-31-25(26(33(24)16-21)20-5-2-1-3-6-20)19-7-10-22(11-8-19)27(29)13-4-14-27/h1-3,5-12,15-18,28H,4,13-14,29H2. The summed E-state index contributed by atoms with van der Waals surface area (Å²) in [5, 5.41) is 7.66. The van der Waals surface area contributed by atoms with Crippen LogP contribution in [0, 0.1) is 5.41 Å². The van der Waals surface area contributed by atoms with Gasteiger partial charge in [-0.05, 0) is 37.0 Å². The maximum Gasteiger partial charge on any atom is 0.137 e. The van der Waals surface area contributed by atoms with Crippen molar-refractivity contribution in [3.05, 3.63) is 91.0 Å². The minimum atomic E-state index is -0.174. The predicted molar refractivity (Wildman–Crippen MR) is 131 cm³/mol. The average molecular weight is 433 g/mol. The number of hydrogen-bond acceptors (Lipinski definition) is 4. The number of imidazole rings is 2. The van der Waals surface area contributed by atoms with E-state index in [0.717, 1.165) is 52.3 Å². The van der Waals surface area contributed by atoms with Gasteiger partial charge in [0.1, 0.15) is 12.0 Å². The molecule has 6 heteroatoms. The summed E-state index contributed by atoms with van der Waals surface area (Å²) in [6, 6.07) is 23.0. The van der Waals surface area contributed by atoms with Crippen molar-refractivity contribution in [1.82, 2.24) is 18.9 Å². The molecule has 0 amide bonds. The summed E-state index contributed by atoms with van der Waals surface area (Å²) in [4.78, 5) is 9.21. The van der Waals surface area contributed by atoms with Crippen molar-refractivity contribution in [2.45, 2.75) is 24.8 Å². The van der Waals surface area contributed by atoms with Crippen LogP contribution in [0.2, 0.25) is 0 Å². The van der Waals surface area contributed by atoms with E-state index in [4.69, 9.17) is 16.1 Å². The van der Waals surface area contributed by atoms with Gasteiger partial charge in [-0.15, -0.1) is 0 Å². The van der Waals surface area contributed by atoms with Gasteiger partial charge in [0.25, 0.3) is 0 Å². The number of fused-ring (bicyclic) bond motifs is 1. The summed E-state index contributed by atoms with van der Waals surface area (Å²) in [5.41, 5.74) is 14.4. The molecule has 162 valence electrons. The van der Waals surface area contributed by atoms with Crippen molar-refractivity contribution >= 4 is 12.0 Å². The van der Waals surface area contributed by atoms with Crippen LogP contribution in [0.15, 0.2) is 85.5 Å². The van der Waals surface area contributed by atoms with E-state index >= 15 is 0 Å². The number of aromatic nitrogens is 4. The molecule has 0 aliphatic heterocycles. The number of nitrogens with two attached hydrogens (primary N) is 1. The zero-order chi connectivity index (χ0) is 22.4. The summed E-state index contributed by atoms with van der Waals surface area (Å²) < 4.78 is 3.83. The molecule has 3 heterocycles. The number of hydrogen-bond donors (Lipinski definition) is 2. The second-order valence-electron chi connectivity index (χ2n) is 8.72.